The molecule has 14 heavy (non-hydrogen) atoms. The second kappa shape index (κ2) is 3.06. The average molecular weight is 195 g/mol. The Bertz CT molecular complexity index is 360. The third kappa shape index (κ3) is 1.27. The Morgan fingerprint density at radius 2 is 2.43 bits per heavy atom. The summed E-state index contributed by atoms with van der Waals surface area (Å²) in [6, 6.07) is -0.412. The molecule has 2 unspecified atom stereocenters. The molecule has 1 fully saturated rings. The Hall–Kier alpha value is -1.43. The van der Waals surface area contributed by atoms with E-state index in [-0.39, 0.29) is 18.0 Å². The zero-order chi connectivity index (χ0) is 10.3. The van der Waals surface area contributed by atoms with Crippen molar-refractivity contribution in [3.63, 3.8) is 0 Å². The Kier molecular flexibility index (Phi) is 1.99. The topological polar surface area (TPSA) is 77.0 Å². The molecule has 0 spiro atoms. The Morgan fingerprint density at radius 1 is 1.71 bits per heavy atom. The lowest BCUT2D eigenvalue weighted by Gasteiger charge is -2.39. The van der Waals surface area contributed by atoms with Crippen molar-refractivity contribution in [1.29, 1.82) is 0 Å². The normalized spacial score (nSPS) is 23.5. The number of nitrogens with two attached hydrogens (primary N) is 1. The second-order valence-corrected chi connectivity index (χ2v) is 3.55. The molecule has 0 aromatic carbocycles. The van der Waals surface area contributed by atoms with E-state index in [9.17, 15) is 4.79 Å². The molecule has 76 valence electrons. The van der Waals surface area contributed by atoms with Gasteiger partial charge in [-0.3, -0.25) is 9.48 Å². The predicted octanol–water partition coefficient (Wildman–Crippen LogP) is -0.954. The fraction of sp³-hybridized carbons (Fsp3) is 0.625. The minimum Gasteiger partial charge on any atom is -0.329 e. The summed E-state index contributed by atoms with van der Waals surface area (Å²) in [4.78, 5) is 17.1. The van der Waals surface area contributed by atoms with Crippen LogP contribution in [0.5, 0.6) is 0 Å². The van der Waals surface area contributed by atoms with Crippen LogP contribution < -0.4 is 5.73 Å². The number of carbonyl (C=O) groups is 1. The Balaban J connectivity index is 2.10. The molecule has 6 heteroatoms. The fourth-order valence-electron chi connectivity index (χ4n) is 1.52. The molecule has 0 aliphatic carbocycles. The lowest BCUT2D eigenvalue weighted by Crippen LogP contribution is -2.61. The zero-order valence-corrected chi connectivity index (χ0v) is 8.21. The highest BCUT2D eigenvalue weighted by molar-refractivity contribution is 5.87. The first-order valence-corrected chi connectivity index (χ1v) is 4.51. The minimum absolute atomic E-state index is 0.0232. The molecule has 1 aromatic rings. The summed E-state index contributed by atoms with van der Waals surface area (Å²) in [5, 5.41) is 4.14. The number of likely N-dealkylation sites (tertiary alicyclic amines) is 1. The van der Waals surface area contributed by atoms with Crippen molar-refractivity contribution >= 4 is 5.91 Å². The van der Waals surface area contributed by atoms with Gasteiger partial charge in [-0.05, 0) is 6.92 Å². The maximum absolute atomic E-state index is 11.3. The molecule has 1 aromatic heterocycles. The van der Waals surface area contributed by atoms with Crippen LogP contribution >= 0.6 is 0 Å². The van der Waals surface area contributed by atoms with E-state index >= 15 is 0 Å². The summed E-state index contributed by atoms with van der Waals surface area (Å²) in [6.45, 7) is 2.50. The van der Waals surface area contributed by atoms with Crippen LogP contribution in [0.4, 0.5) is 0 Å². The van der Waals surface area contributed by atoms with Gasteiger partial charge in [0, 0.05) is 13.6 Å². The van der Waals surface area contributed by atoms with Crippen LogP contribution in [0.25, 0.3) is 0 Å². The highest BCUT2D eigenvalue weighted by atomic mass is 16.2. The van der Waals surface area contributed by atoms with Crippen LogP contribution in [0, 0.1) is 0 Å². The Morgan fingerprint density at radius 3 is 2.86 bits per heavy atom. The SMILES string of the molecule is CC(c1ncn(C)n1)N1CC(N)C1=O. The average Bonchev–Trinajstić information content (AvgIpc) is 2.59. The van der Waals surface area contributed by atoms with Crippen LogP contribution in [0.1, 0.15) is 18.8 Å². The number of aryl methyl sites for hydroxylation is 1. The molecule has 2 atom stereocenters. The van der Waals surface area contributed by atoms with Gasteiger partial charge in [0.25, 0.3) is 0 Å². The molecule has 1 aliphatic heterocycles. The van der Waals surface area contributed by atoms with E-state index in [0.29, 0.717) is 12.4 Å². The van der Waals surface area contributed by atoms with E-state index < -0.39 is 0 Å². The number of hydrogen-bond acceptors (Lipinski definition) is 4. The van der Waals surface area contributed by atoms with Gasteiger partial charge in [-0.1, -0.05) is 0 Å². The third-order valence-electron chi connectivity index (χ3n) is 2.45. The first kappa shape index (κ1) is 9.14. The monoisotopic (exact) mass is 195 g/mol. The van der Waals surface area contributed by atoms with Gasteiger partial charge < -0.3 is 10.6 Å². The van der Waals surface area contributed by atoms with Crippen molar-refractivity contribution in [2.45, 2.75) is 19.0 Å². The van der Waals surface area contributed by atoms with E-state index in [2.05, 4.69) is 10.1 Å². The first-order chi connectivity index (χ1) is 6.59. The highest BCUT2D eigenvalue weighted by Crippen LogP contribution is 2.22. The number of rotatable bonds is 2. The van der Waals surface area contributed by atoms with Crippen LogP contribution in [-0.2, 0) is 11.8 Å². The summed E-state index contributed by atoms with van der Waals surface area (Å²) in [5.74, 6) is 0.637. The van der Waals surface area contributed by atoms with Crippen molar-refractivity contribution in [2.24, 2.45) is 12.8 Å². The van der Waals surface area contributed by atoms with Crippen molar-refractivity contribution in [1.82, 2.24) is 19.7 Å². The van der Waals surface area contributed by atoms with Gasteiger partial charge in [-0.25, -0.2) is 4.98 Å². The number of β-lactam (4-membered cyclic amide) rings is 1. The molecule has 0 saturated carbocycles. The van der Waals surface area contributed by atoms with Crippen LogP contribution in [-0.4, -0.2) is 38.2 Å². The van der Waals surface area contributed by atoms with Gasteiger partial charge in [0.05, 0.1) is 6.04 Å². The molecular weight excluding hydrogens is 182 g/mol. The highest BCUT2D eigenvalue weighted by Gasteiger charge is 2.38. The standard InChI is InChI=1S/C8H13N5O/c1-5(7-10-4-12(2)11-7)13-3-6(9)8(13)14/h4-6H,3,9H2,1-2H3. The molecule has 2 heterocycles. The van der Waals surface area contributed by atoms with E-state index in [4.69, 9.17) is 5.73 Å². The number of carbonyl (C=O) groups excluding carboxylic acids is 1. The summed E-state index contributed by atoms with van der Waals surface area (Å²) in [6.07, 6.45) is 1.62. The van der Waals surface area contributed by atoms with Crippen molar-refractivity contribution in [3.8, 4) is 0 Å². The van der Waals surface area contributed by atoms with E-state index in [1.807, 2.05) is 6.92 Å². The van der Waals surface area contributed by atoms with E-state index in [1.165, 1.54) is 0 Å². The van der Waals surface area contributed by atoms with Gasteiger partial charge in [0.15, 0.2) is 5.82 Å². The summed E-state index contributed by atoms with van der Waals surface area (Å²) in [5.41, 5.74) is 5.50. The first-order valence-electron chi connectivity index (χ1n) is 4.51. The lowest BCUT2D eigenvalue weighted by molar-refractivity contribution is -0.145. The maximum Gasteiger partial charge on any atom is 0.242 e. The van der Waals surface area contributed by atoms with Crippen LogP contribution in [0.3, 0.4) is 0 Å². The van der Waals surface area contributed by atoms with Crippen molar-refractivity contribution in [2.75, 3.05) is 6.54 Å². The van der Waals surface area contributed by atoms with Crippen LogP contribution in [0.2, 0.25) is 0 Å². The van der Waals surface area contributed by atoms with E-state index in [0.717, 1.165) is 0 Å². The zero-order valence-electron chi connectivity index (χ0n) is 8.21. The molecule has 1 aliphatic rings. The number of amides is 1. The molecule has 6 nitrogen and oxygen atoms in total. The number of aromatic nitrogens is 3. The number of nitrogens with zero attached hydrogens (tertiary/aromatic N) is 4. The Labute approximate surface area is 81.7 Å². The lowest BCUT2D eigenvalue weighted by atomic mass is 10.1. The second-order valence-electron chi connectivity index (χ2n) is 3.55. The maximum atomic E-state index is 11.3. The molecule has 2 rings (SSSR count). The summed E-state index contributed by atoms with van der Waals surface area (Å²) in [7, 11) is 1.80. The largest absolute Gasteiger partial charge is 0.329 e. The summed E-state index contributed by atoms with van der Waals surface area (Å²) >= 11 is 0. The van der Waals surface area contributed by atoms with Gasteiger partial charge in [0.2, 0.25) is 5.91 Å². The quantitative estimate of drug-likeness (QED) is 0.617. The molecule has 1 amide bonds. The fourth-order valence-corrected chi connectivity index (χ4v) is 1.52. The molecule has 2 N–H and O–H groups in total. The summed E-state index contributed by atoms with van der Waals surface area (Å²) < 4.78 is 1.62. The minimum atomic E-state index is -0.332. The third-order valence-corrected chi connectivity index (χ3v) is 2.45. The van der Waals surface area contributed by atoms with E-state index in [1.54, 1.807) is 23.0 Å². The molecule has 0 bridgehead atoms. The van der Waals surface area contributed by atoms with Gasteiger partial charge >= 0.3 is 0 Å². The number of hydrogen-bond donors (Lipinski definition) is 1. The van der Waals surface area contributed by atoms with Crippen molar-refractivity contribution < 1.29 is 4.79 Å². The smallest absolute Gasteiger partial charge is 0.242 e. The van der Waals surface area contributed by atoms with Gasteiger partial charge in [-0.15, -0.1) is 0 Å². The van der Waals surface area contributed by atoms with Crippen molar-refractivity contribution in [3.05, 3.63) is 12.2 Å². The van der Waals surface area contributed by atoms with Gasteiger partial charge in [-0.2, -0.15) is 5.10 Å². The molecule has 0 radical (unpaired) electrons. The van der Waals surface area contributed by atoms with Crippen LogP contribution in [0.15, 0.2) is 6.33 Å². The predicted molar refractivity (Wildman–Crippen MR) is 49.1 cm³/mol. The molecular formula is C8H13N5O. The van der Waals surface area contributed by atoms with Gasteiger partial charge in [0.1, 0.15) is 12.4 Å². The molecule has 1 saturated heterocycles.